The van der Waals surface area contributed by atoms with Crippen LogP contribution >= 0.6 is 0 Å². The molecule has 0 fully saturated rings. The van der Waals surface area contributed by atoms with E-state index < -0.39 is 17.7 Å². The summed E-state index contributed by atoms with van der Waals surface area (Å²) in [7, 11) is 0. The molecule has 0 aliphatic carbocycles. The third-order valence-corrected chi connectivity index (χ3v) is 2.79. The molecule has 0 unspecified atom stereocenters. The number of nitrogens with zero attached hydrogens (tertiary/aromatic N) is 1. The van der Waals surface area contributed by atoms with E-state index >= 15 is 0 Å². The maximum absolute atomic E-state index is 12.9. The average Bonchev–Trinajstić information content (AvgIpc) is 2.69. The number of carboxylic acid groups (broad SMARTS) is 1. The molecule has 0 amide bonds. The third-order valence-electron chi connectivity index (χ3n) is 2.79. The lowest BCUT2D eigenvalue weighted by atomic mass is 10.1. The number of aliphatic carboxylic acids is 1. The molecule has 20 heavy (non-hydrogen) atoms. The zero-order chi connectivity index (χ0) is 14.9. The Bertz CT molecular complexity index is 647. The van der Waals surface area contributed by atoms with Crippen molar-refractivity contribution in [3.63, 3.8) is 0 Å². The number of benzene rings is 1. The van der Waals surface area contributed by atoms with Crippen LogP contribution in [0, 0.1) is 6.92 Å². The number of aromatic amines is 1. The van der Waals surface area contributed by atoms with E-state index in [0.29, 0.717) is 5.69 Å². The average molecular weight is 284 g/mol. The van der Waals surface area contributed by atoms with E-state index in [2.05, 4.69) is 9.97 Å². The van der Waals surface area contributed by atoms with Crippen molar-refractivity contribution in [3.8, 4) is 11.4 Å². The second-order valence-corrected chi connectivity index (χ2v) is 4.27. The van der Waals surface area contributed by atoms with Crippen LogP contribution in [0.25, 0.3) is 11.4 Å². The van der Waals surface area contributed by atoms with Gasteiger partial charge in [-0.15, -0.1) is 0 Å². The summed E-state index contributed by atoms with van der Waals surface area (Å²) in [6, 6.07) is 5.02. The van der Waals surface area contributed by atoms with Gasteiger partial charge in [-0.3, -0.25) is 4.79 Å². The Labute approximate surface area is 112 Å². The van der Waals surface area contributed by atoms with Crippen LogP contribution in [0.4, 0.5) is 13.2 Å². The largest absolute Gasteiger partial charge is 0.481 e. The van der Waals surface area contributed by atoms with Gasteiger partial charge in [0.05, 0.1) is 17.7 Å². The van der Waals surface area contributed by atoms with Gasteiger partial charge in [-0.1, -0.05) is 18.2 Å². The van der Waals surface area contributed by atoms with E-state index in [9.17, 15) is 18.0 Å². The molecule has 0 saturated heterocycles. The lowest BCUT2D eigenvalue weighted by molar-refractivity contribution is -0.137. The van der Waals surface area contributed by atoms with E-state index in [1.165, 1.54) is 18.2 Å². The lowest BCUT2D eigenvalue weighted by Gasteiger charge is -2.10. The van der Waals surface area contributed by atoms with Crippen molar-refractivity contribution in [2.45, 2.75) is 19.5 Å². The van der Waals surface area contributed by atoms with Crippen LogP contribution in [0.1, 0.15) is 17.0 Å². The number of rotatable bonds is 3. The molecule has 1 aromatic carbocycles. The summed E-state index contributed by atoms with van der Waals surface area (Å²) in [6.45, 7) is 1.57. The maximum Gasteiger partial charge on any atom is 0.417 e. The SMILES string of the molecule is Cc1[nH]c(-c2ccccc2C(F)(F)F)nc1CC(=O)O. The summed E-state index contributed by atoms with van der Waals surface area (Å²) in [6.07, 6.45) is -4.83. The Morgan fingerprint density at radius 3 is 2.60 bits per heavy atom. The molecule has 7 heteroatoms. The number of carboxylic acids is 1. The zero-order valence-electron chi connectivity index (χ0n) is 10.5. The highest BCUT2D eigenvalue weighted by atomic mass is 19.4. The molecule has 0 radical (unpaired) electrons. The summed E-state index contributed by atoms with van der Waals surface area (Å²) in [5.41, 5.74) is -0.237. The van der Waals surface area contributed by atoms with Crippen molar-refractivity contribution in [1.82, 2.24) is 9.97 Å². The van der Waals surface area contributed by atoms with Crippen molar-refractivity contribution in [2.24, 2.45) is 0 Å². The number of imidazole rings is 1. The summed E-state index contributed by atoms with van der Waals surface area (Å²) in [5, 5.41) is 8.72. The molecule has 2 aromatic rings. The first-order valence-electron chi connectivity index (χ1n) is 5.73. The van der Waals surface area contributed by atoms with Crippen molar-refractivity contribution in [1.29, 1.82) is 0 Å². The van der Waals surface area contributed by atoms with Gasteiger partial charge in [0.1, 0.15) is 5.82 Å². The first-order valence-corrected chi connectivity index (χ1v) is 5.73. The first-order chi connectivity index (χ1) is 9.29. The van der Waals surface area contributed by atoms with E-state index in [-0.39, 0.29) is 23.5 Å². The van der Waals surface area contributed by atoms with Gasteiger partial charge >= 0.3 is 12.1 Å². The number of alkyl halides is 3. The first kappa shape index (κ1) is 14.1. The van der Waals surface area contributed by atoms with Gasteiger partial charge in [0.25, 0.3) is 0 Å². The van der Waals surface area contributed by atoms with Crippen LogP contribution in [0.15, 0.2) is 24.3 Å². The molecule has 4 nitrogen and oxygen atoms in total. The smallest absolute Gasteiger partial charge is 0.417 e. The molecule has 0 aliphatic heterocycles. The lowest BCUT2D eigenvalue weighted by Crippen LogP contribution is -2.07. The molecule has 0 spiro atoms. The number of carbonyl (C=O) groups is 1. The molecule has 0 bridgehead atoms. The molecular weight excluding hydrogens is 273 g/mol. The monoisotopic (exact) mass is 284 g/mol. The molecule has 106 valence electrons. The van der Waals surface area contributed by atoms with Crippen LogP contribution in [-0.4, -0.2) is 21.0 Å². The van der Waals surface area contributed by atoms with E-state index in [0.717, 1.165) is 6.07 Å². The fourth-order valence-electron chi connectivity index (χ4n) is 1.88. The summed E-state index contributed by atoms with van der Waals surface area (Å²) >= 11 is 0. The summed E-state index contributed by atoms with van der Waals surface area (Å²) < 4.78 is 38.7. The van der Waals surface area contributed by atoms with Gasteiger partial charge in [0.2, 0.25) is 0 Å². The van der Waals surface area contributed by atoms with Crippen molar-refractivity contribution >= 4 is 5.97 Å². The van der Waals surface area contributed by atoms with Crippen LogP contribution in [-0.2, 0) is 17.4 Å². The number of aryl methyl sites for hydroxylation is 1. The Hall–Kier alpha value is -2.31. The van der Waals surface area contributed by atoms with Crippen LogP contribution in [0.2, 0.25) is 0 Å². The van der Waals surface area contributed by atoms with Gasteiger partial charge in [-0.25, -0.2) is 4.98 Å². The summed E-state index contributed by atoms with van der Waals surface area (Å²) in [4.78, 5) is 17.3. The van der Waals surface area contributed by atoms with Crippen LogP contribution in [0.3, 0.4) is 0 Å². The molecule has 1 aromatic heterocycles. The Morgan fingerprint density at radius 1 is 1.35 bits per heavy atom. The Kier molecular flexibility index (Phi) is 3.52. The van der Waals surface area contributed by atoms with E-state index in [4.69, 9.17) is 5.11 Å². The highest BCUT2D eigenvalue weighted by molar-refractivity contribution is 5.71. The van der Waals surface area contributed by atoms with Gasteiger partial charge < -0.3 is 10.1 Å². The second-order valence-electron chi connectivity index (χ2n) is 4.27. The minimum atomic E-state index is -4.50. The van der Waals surface area contributed by atoms with Gasteiger partial charge in [-0.2, -0.15) is 13.2 Å². The Morgan fingerprint density at radius 2 is 2.00 bits per heavy atom. The zero-order valence-corrected chi connectivity index (χ0v) is 10.5. The molecule has 2 rings (SSSR count). The summed E-state index contributed by atoms with van der Waals surface area (Å²) in [5.74, 6) is -1.07. The van der Waals surface area contributed by atoms with Gasteiger partial charge in [0, 0.05) is 11.3 Å². The molecule has 1 heterocycles. The number of H-pyrrole nitrogens is 1. The highest BCUT2D eigenvalue weighted by Crippen LogP contribution is 2.36. The van der Waals surface area contributed by atoms with Crippen molar-refractivity contribution in [2.75, 3.05) is 0 Å². The van der Waals surface area contributed by atoms with E-state index in [1.807, 2.05) is 0 Å². The molecule has 0 saturated carbocycles. The quantitative estimate of drug-likeness (QED) is 0.910. The number of nitrogens with one attached hydrogen (secondary N) is 1. The molecule has 0 aliphatic rings. The van der Waals surface area contributed by atoms with Crippen LogP contribution < -0.4 is 0 Å². The number of hydrogen-bond donors (Lipinski definition) is 2. The second kappa shape index (κ2) is 4.99. The predicted octanol–water partition coefficient (Wildman–Crippen LogP) is 3.03. The van der Waals surface area contributed by atoms with Gasteiger partial charge in [0.15, 0.2) is 0 Å². The predicted molar refractivity (Wildman–Crippen MR) is 65.1 cm³/mol. The highest BCUT2D eigenvalue weighted by Gasteiger charge is 2.34. The van der Waals surface area contributed by atoms with E-state index in [1.54, 1.807) is 6.92 Å². The fourth-order valence-corrected chi connectivity index (χ4v) is 1.88. The minimum Gasteiger partial charge on any atom is -0.481 e. The number of aromatic nitrogens is 2. The molecule has 2 N–H and O–H groups in total. The Balaban J connectivity index is 2.50. The minimum absolute atomic E-state index is 0.0201. The number of halogens is 3. The van der Waals surface area contributed by atoms with Gasteiger partial charge in [-0.05, 0) is 13.0 Å². The molecular formula is C13H11F3N2O2. The standard InChI is InChI=1S/C13H11F3N2O2/c1-7-10(6-11(19)20)18-12(17-7)8-4-2-3-5-9(8)13(14,15)16/h2-5H,6H2,1H3,(H,17,18)(H,19,20). The fraction of sp³-hybridized carbons (Fsp3) is 0.231. The third kappa shape index (κ3) is 2.81. The number of hydrogen-bond acceptors (Lipinski definition) is 2. The maximum atomic E-state index is 12.9. The van der Waals surface area contributed by atoms with Crippen LogP contribution in [0.5, 0.6) is 0 Å². The molecule has 0 atom stereocenters. The van der Waals surface area contributed by atoms with Crippen molar-refractivity contribution < 1.29 is 23.1 Å². The topological polar surface area (TPSA) is 66.0 Å². The normalized spacial score (nSPS) is 11.6. The van der Waals surface area contributed by atoms with Crippen molar-refractivity contribution in [3.05, 3.63) is 41.2 Å².